The summed E-state index contributed by atoms with van der Waals surface area (Å²) in [5.74, 6) is -0.261. The van der Waals surface area contributed by atoms with Crippen LogP contribution in [0.25, 0.3) is 0 Å². The maximum atomic E-state index is 11.3. The van der Waals surface area contributed by atoms with Crippen molar-refractivity contribution >= 4 is 11.6 Å². The van der Waals surface area contributed by atoms with E-state index in [1.54, 1.807) is 24.3 Å². The molecule has 0 unspecified atom stereocenters. The summed E-state index contributed by atoms with van der Waals surface area (Å²) in [6.07, 6.45) is 0.415. The number of benzene rings is 1. The first-order chi connectivity index (χ1) is 8.65. The highest BCUT2D eigenvalue weighted by atomic mass is 16.3. The number of nitrogens with zero attached hydrogens (tertiary/aromatic N) is 1. The van der Waals surface area contributed by atoms with Crippen LogP contribution in [0.2, 0.25) is 0 Å². The molecule has 1 rings (SSSR count). The quantitative estimate of drug-likeness (QED) is 0.641. The largest absolute Gasteiger partial charge is 0.395 e. The van der Waals surface area contributed by atoms with Gasteiger partial charge in [0.25, 0.3) is 0 Å². The molecule has 1 amide bonds. The fraction of sp³-hybridized carbons (Fsp3) is 0.308. The van der Waals surface area contributed by atoms with Gasteiger partial charge in [0.2, 0.25) is 5.91 Å². The zero-order chi connectivity index (χ0) is 13.4. The van der Waals surface area contributed by atoms with E-state index >= 15 is 0 Å². The maximum Gasteiger partial charge on any atom is 0.225 e. The Morgan fingerprint density at radius 3 is 2.61 bits per heavy atom. The highest BCUT2D eigenvalue weighted by Crippen LogP contribution is 2.05. The molecule has 0 heterocycles. The average Bonchev–Trinajstić information content (AvgIpc) is 2.37. The Hall–Kier alpha value is -2.19. The molecule has 5 heteroatoms. The molecule has 0 spiro atoms. The van der Waals surface area contributed by atoms with Crippen molar-refractivity contribution < 1.29 is 9.90 Å². The van der Waals surface area contributed by atoms with Crippen molar-refractivity contribution in [2.24, 2.45) is 0 Å². The zero-order valence-corrected chi connectivity index (χ0v) is 9.94. The van der Waals surface area contributed by atoms with Gasteiger partial charge in [-0.15, -0.1) is 0 Å². The number of carbonyl (C=O) groups is 1. The summed E-state index contributed by atoms with van der Waals surface area (Å²) in [7, 11) is 0. The lowest BCUT2D eigenvalue weighted by molar-refractivity contribution is -0.120. The molecule has 0 aromatic heterocycles. The van der Waals surface area contributed by atoms with E-state index in [-0.39, 0.29) is 25.5 Å². The number of hydrogen-bond donors (Lipinski definition) is 3. The lowest BCUT2D eigenvalue weighted by Gasteiger charge is -2.05. The first kappa shape index (κ1) is 13.9. The van der Waals surface area contributed by atoms with Crippen LogP contribution in [0.3, 0.4) is 0 Å². The Kier molecular flexibility index (Phi) is 5.55. The minimum absolute atomic E-state index is 0.0278. The van der Waals surface area contributed by atoms with E-state index in [2.05, 4.69) is 5.32 Å². The van der Waals surface area contributed by atoms with E-state index in [1.165, 1.54) is 0 Å². The van der Waals surface area contributed by atoms with Crippen molar-refractivity contribution in [1.82, 2.24) is 5.32 Å². The van der Waals surface area contributed by atoms with Gasteiger partial charge in [0, 0.05) is 18.7 Å². The van der Waals surface area contributed by atoms with Gasteiger partial charge in [-0.1, -0.05) is 12.1 Å². The van der Waals surface area contributed by atoms with E-state index < -0.39 is 0 Å². The van der Waals surface area contributed by atoms with E-state index in [9.17, 15) is 4.79 Å². The lowest BCUT2D eigenvalue weighted by atomic mass is 10.0. The van der Waals surface area contributed by atoms with Crippen LogP contribution in [-0.2, 0) is 11.2 Å². The number of aliphatic hydroxyl groups excluding tert-OH is 1. The van der Waals surface area contributed by atoms with E-state index in [0.29, 0.717) is 17.7 Å². The van der Waals surface area contributed by atoms with Crippen molar-refractivity contribution in [3.8, 4) is 6.07 Å². The van der Waals surface area contributed by atoms with Crippen LogP contribution in [0.1, 0.15) is 17.5 Å². The molecule has 0 aliphatic carbocycles. The first-order valence-electron chi connectivity index (χ1n) is 5.58. The molecule has 94 valence electrons. The zero-order valence-electron chi connectivity index (χ0n) is 9.94. The SMILES string of the molecule is N#Cc1ccc(CC(=N)CC(=O)NCCO)cc1. The first-order valence-corrected chi connectivity index (χ1v) is 5.58. The summed E-state index contributed by atoms with van der Waals surface area (Å²) in [6, 6.07) is 8.95. The Balaban J connectivity index is 2.44. The molecule has 1 aromatic rings. The molecule has 5 nitrogen and oxygen atoms in total. The number of amides is 1. The van der Waals surface area contributed by atoms with E-state index in [1.807, 2.05) is 6.07 Å². The highest BCUT2D eigenvalue weighted by Gasteiger charge is 2.06. The van der Waals surface area contributed by atoms with Gasteiger partial charge in [0.05, 0.1) is 24.7 Å². The summed E-state index contributed by atoms with van der Waals surface area (Å²) in [6.45, 7) is 0.109. The second-order valence-corrected chi connectivity index (χ2v) is 3.84. The van der Waals surface area contributed by atoms with E-state index in [4.69, 9.17) is 15.8 Å². The maximum absolute atomic E-state index is 11.3. The molecular weight excluding hydrogens is 230 g/mol. The van der Waals surface area contributed by atoms with Gasteiger partial charge < -0.3 is 15.8 Å². The predicted molar refractivity (Wildman–Crippen MR) is 67.3 cm³/mol. The molecule has 0 radical (unpaired) electrons. The van der Waals surface area contributed by atoms with Crippen molar-refractivity contribution in [1.29, 1.82) is 10.7 Å². The number of aliphatic hydroxyl groups is 1. The Bertz CT molecular complexity index is 460. The smallest absolute Gasteiger partial charge is 0.225 e. The molecule has 3 N–H and O–H groups in total. The lowest BCUT2D eigenvalue weighted by Crippen LogP contribution is -2.28. The van der Waals surface area contributed by atoms with Crippen LogP contribution in [0.5, 0.6) is 0 Å². The summed E-state index contributed by atoms with van der Waals surface area (Å²) in [5, 5.41) is 27.4. The van der Waals surface area contributed by atoms with Gasteiger partial charge in [-0.05, 0) is 17.7 Å². The standard InChI is InChI=1S/C13H15N3O2/c14-9-11-3-1-10(2-4-11)7-12(15)8-13(18)16-5-6-17/h1-4,15,17H,5-8H2,(H,16,18). The van der Waals surface area contributed by atoms with Crippen LogP contribution >= 0.6 is 0 Å². The van der Waals surface area contributed by atoms with Crippen LogP contribution in [0, 0.1) is 16.7 Å². The van der Waals surface area contributed by atoms with Crippen molar-refractivity contribution in [3.05, 3.63) is 35.4 Å². The van der Waals surface area contributed by atoms with Crippen LogP contribution in [0.4, 0.5) is 0 Å². The molecule has 0 fully saturated rings. The normalized spacial score (nSPS) is 9.56. The van der Waals surface area contributed by atoms with Crippen molar-refractivity contribution in [3.63, 3.8) is 0 Å². The van der Waals surface area contributed by atoms with E-state index in [0.717, 1.165) is 5.56 Å². The fourth-order valence-electron chi connectivity index (χ4n) is 1.46. The van der Waals surface area contributed by atoms with Crippen molar-refractivity contribution in [2.45, 2.75) is 12.8 Å². The van der Waals surface area contributed by atoms with Gasteiger partial charge in [-0.25, -0.2) is 0 Å². The van der Waals surface area contributed by atoms with Gasteiger partial charge >= 0.3 is 0 Å². The van der Waals surface area contributed by atoms with Crippen LogP contribution in [0.15, 0.2) is 24.3 Å². The fourth-order valence-corrected chi connectivity index (χ4v) is 1.46. The van der Waals surface area contributed by atoms with Crippen LogP contribution < -0.4 is 5.32 Å². The summed E-state index contributed by atoms with van der Waals surface area (Å²) >= 11 is 0. The Labute approximate surface area is 106 Å². The van der Waals surface area contributed by atoms with Gasteiger partial charge in [-0.2, -0.15) is 5.26 Å². The van der Waals surface area contributed by atoms with Crippen LogP contribution in [-0.4, -0.2) is 29.9 Å². The summed E-state index contributed by atoms with van der Waals surface area (Å²) < 4.78 is 0. The third kappa shape index (κ3) is 4.76. The third-order valence-corrected chi connectivity index (χ3v) is 2.31. The molecule has 0 aliphatic heterocycles. The number of nitrogens with one attached hydrogen (secondary N) is 2. The summed E-state index contributed by atoms with van der Waals surface area (Å²) in [5.41, 5.74) is 1.77. The molecule has 1 aromatic carbocycles. The highest BCUT2D eigenvalue weighted by molar-refractivity contribution is 6.00. The second-order valence-electron chi connectivity index (χ2n) is 3.84. The molecule has 0 bridgehead atoms. The van der Waals surface area contributed by atoms with Gasteiger partial charge in [0.1, 0.15) is 0 Å². The Morgan fingerprint density at radius 1 is 1.39 bits per heavy atom. The molecule has 0 saturated carbocycles. The summed E-state index contributed by atoms with van der Waals surface area (Å²) in [4.78, 5) is 11.3. The molecule has 18 heavy (non-hydrogen) atoms. The molecule has 0 saturated heterocycles. The number of nitriles is 1. The Morgan fingerprint density at radius 2 is 2.06 bits per heavy atom. The number of rotatable bonds is 6. The van der Waals surface area contributed by atoms with Gasteiger partial charge in [-0.3, -0.25) is 4.79 Å². The third-order valence-electron chi connectivity index (χ3n) is 2.31. The topological polar surface area (TPSA) is 97.0 Å². The van der Waals surface area contributed by atoms with Gasteiger partial charge in [0.15, 0.2) is 0 Å². The predicted octanol–water partition coefficient (Wildman–Crippen LogP) is 0.619. The molecular formula is C13H15N3O2. The molecule has 0 aliphatic rings. The minimum atomic E-state index is -0.261. The monoisotopic (exact) mass is 245 g/mol. The average molecular weight is 245 g/mol. The molecule has 0 atom stereocenters. The number of hydrogen-bond acceptors (Lipinski definition) is 4. The number of carbonyl (C=O) groups excluding carboxylic acids is 1. The van der Waals surface area contributed by atoms with Crippen molar-refractivity contribution in [2.75, 3.05) is 13.2 Å². The second kappa shape index (κ2) is 7.20. The minimum Gasteiger partial charge on any atom is -0.395 e.